The molecule has 2 aliphatic heterocycles. The average Bonchev–Trinajstić information content (AvgIpc) is 3.50. The van der Waals surface area contributed by atoms with Crippen LogP contribution >= 0.6 is 11.3 Å². The maximum Gasteiger partial charge on any atom is 0.325 e. The van der Waals surface area contributed by atoms with Gasteiger partial charge in [-0.25, -0.2) is 0 Å². The fourth-order valence-corrected chi connectivity index (χ4v) is 5.87. The molecule has 2 amide bonds. The zero-order valence-electron chi connectivity index (χ0n) is 17.2. The van der Waals surface area contributed by atoms with Crippen LogP contribution < -0.4 is 5.32 Å². The first kappa shape index (κ1) is 20.6. The van der Waals surface area contributed by atoms with Crippen LogP contribution in [0, 0.1) is 11.8 Å². The second kappa shape index (κ2) is 8.00. The van der Waals surface area contributed by atoms with Gasteiger partial charge in [-0.05, 0) is 22.6 Å². The van der Waals surface area contributed by atoms with E-state index in [9.17, 15) is 19.5 Å². The molecule has 0 radical (unpaired) electrons. The second-order valence-corrected chi connectivity index (χ2v) is 9.31. The zero-order valence-corrected chi connectivity index (χ0v) is 18.0. The molecule has 2 aromatic carbocycles. The number of nitrogens with zero attached hydrogens (tertiary/aromatic N) is 1. The summed E-state index contributed by atoms with van der Waals surface area (Å²) in [6.07, 6.45) is 0.115. The lowest BCUT2D eigenvalue weighted by Crippen LogP contribution is -2.57. The second-order valence-electron chi connectivity index (χ2n) is 8.33. The Morgan fingerprint density at radius 3 is 2.19 bits per heavy atom. The molecule has 3 heterocycles. The van der Waals surface area contributed by atoms with E-state index in [2.05, 4.69) is 5.32 Å². The van der Waals surface area contributed by atoms with Crippen LogP contribution in [-0.4, -0.2) is 33.3 Å². The van der Waals surface area contributed by atoms with Gasteiger partial charge in [0.2, 0.25) is 11.8 Å². The number of benzene rings is 2. The highest BCUT2D eigenvalue weighted by Crippen LogP contribution is 2.51. The minimum atomic E-state index is -1.57. The molecule has 6 nitrogen and oxygen atoms in total. The molecule has 3 aromatic rings. The number of aliphatic carboxylic acids is 1. The Kier molecular flexibility index (Phi) is 5.15. The summed E-state index contributed by atoms with van der Waals surface area (Å²) in [7, 11) is 0. The molecule has 0 saturated carbocycles. The SMILES string of the molecule is O=C1C2C(c3cccs3)NC(Cc3ccccc3)(C(=O)O)C2C(=O)N1Cc1ccccc1. The molecule has 2 fully saturated rings. The third-order valence-corrected chi connectivity index (χ3v) is 7.44. The fraction of sp³-hybridized carbons (Fsp3) is 0.240. The Morgan fingerprint density at radius 2 is 1.59 bits per heavy atom. The van der Waals surface area contributed by atoms with E-state index in [0.29, 0.717) is 0 Å². The van der Waals surface area contributed by atoms with Crippen molar-refractivity contribution < 1.29 is 19.5 Å². The van der Waals surface area contributed by atoms with Gasteiger partial charge in [-0.3, -0.25) is 24.6 Å². The fourth-order valence-electron chi connectivity index (χ4n) is 5.05. The van der Waals surface area contributed by atoms with Gasteiger partial charge in [-0.1, -0.05) is 66.7 Å². The molecule has 2 aliphatic rings. The number of carbonyl (C=O) groups excluding carboxylic acids is 2. The van der Waals surface area contributed by atoms with Gasteiger partial charge in [0.05, 0.1) is 24.4 Å². The van der Waals surface area contributed by atoms with Gasteiger partial charge in [0.25, 0.3) is 0 Å². The van der Waals surface area contributed by atoms with Crippen LogP contribution in [0.1, 0.15) is 22.0 Å². The van der Waals surface area contributed by atoms with Gasteiger partial charge in [-0.2, -0.15) is 0 Å². The summed E-state index contributed by atoms with van der Waals surface area (Å²) in [5.74, 6) is -3.59. The van der Waals surface area contributed by atoms with Crippen LogP contribution in [0.3, 0.4) is 0 Å². The average molecular weight is 447 g/mol. The van der Waals surface area contributed by atoms with Crippen LogP contribution in [0.25, 0.3) is 0 Å². The van der Waals surface area contributed by atoms with E-state index in [4.69, 9.17) is 0 Å². The van der Waals surface area contributed by atoms with Gasteiger partial charge in [-0.15, -0.1) is 11.3 Å². The highest BCUT2D eigenvalue weighted by Gasteiger charge is 2.68. The Hall–Kier alpha value is -3.29. The Morgan fingerprint density at radius 1 is 0.938 bits per heavy atom. The molecule has 4 unspecified atom stereocenters. The van der Waals surface area contributed by atoms with Crippen molar-refractivity contribution in [3.05, 3.63) is 94.2 Å². The number of hydrogen-bond acceptors (Lipinski definition) is 5. The van der Waals surface area contributed by atoms with E-state index in [0.717, 1.165) is 16.0 Å². The van der Waals surface area contributed by atoms with Gasteiger partial charge >= 0.3 is 5.97 Å². The number of amides is 2. The minimum absolute atomic E-state index is 0.115. The number of imide groups is 1. The van der Waals surface area contributed by atoms with Crippen LogP contribution in [0.4, 0.5) is 0 Å². The largest absolute Gasteiger partial charge is 0.480 e. The molecule has 2 saturated heterocycles. The number of carbonyl (C=O) groups is 3. The zero-order chi connectivity index (χ0) is 22.3. The number of carboxylic acid groups (broad SMARTS) is 1. The number of thiophene rings is 1. The number of rotatable bonds is 6. The Balaban J connectivity index is 1.59. The number of hydrogen-bond donors (Lipinski definition) is 2. The molecule has 7 heteroatoms. The number of likely N-dealkylation sites (tertiary alicyclic amines) is 1. The van der Waals surface area contributed by atoms with Crippen molar-refractivity contribution in [1.29, 1.82) is 0 Å². The Labute approximate surface area is 189 Å². The molecule has 32 heavy (non-hydrogen) atoms. The van der Waals surface area contributed by atoms with E-state index in [-0.39, 0.29) is 18.9 Å². The predicted molar refractivity (Wildman–Crippen MR) is 120 cm³/mol. The van der Waals surface area contributed by atoms with Crippen LogP contribution in [0.2, 0.25) is 0 Å². The summed E-state index contributed by atoms with van der Waals surface area (Å²) in [6, 6.07) is 21.8. The smallest absolute Gasteiger partial charge is 0.325 e. The lowest BCUT2D eigenvalue weighted by Gasteiger charge is -2.31. The quantitative estimate of drug-likeness (QED) is 0.568. The topological polar surface area (TPSA) is 86.7 Å². The molecule has 0 bridgehead atoms. The standard InChI is InChI=1S/C25H22N2O4S/c28-22-19-20(23(29)27(22)15-17-10-5-2-6-11-17)25(24(30)31,14-16-8-3-1-4-9-16)26-21(19)18-12-7-13-32-18/h1-13,19-21,26H,14-15H2,(H,30,31). The molecular formula is C25H22N2O4S. The highest BCUT2D eigenvalue weighted by atomic mass is 32.1. The van der Waals surface area contributed by atoms with Crippen molar-refractivity contribution in [2.45, 2.75) is 24.5 Å². The predicted octanol–water partition coefficient (Wildman–Crippen LogP) is 3.26. The molecule has 0 spiro atoms. The van der Waals surface area contributed by atoms with Gasteiger partial charge in [0.15, 0.2) is 0 Å². The summed E-state index contributed by atoms with van der Waals surface area (Å²) in [5, 5.41) is 15.6. The Bertz CT molecular complexity index is 1150. The third kappa shape index (κ3) is 3.25. The minimum Gasteiger partial charge on any atom is -0.480 e. The highest BCUT2D eigenvalue weighted by molar-refractivity contribution is 7.10. The van der Waals surface area contributed by atoms with E-state index >= 15 is 0 Å². The van der Waals surface area contributed by atoms with Crippen molar-refractivity contribution >= 4 is 29.1 Å². The van der Waals surface area contributed by atoms with E-state index in [1.807, 2.05) is 78.2 Å². The summed E-state index contributed by atoms with van der Waals surface area (Å²) in [4.78, 5) is 42.0. The first-order valence-corrected chi connectivity index (χ1v) is 11.4. The van der Waals surface area contributed by atoms with Crippen LogP contribution in [0.5, 0.6) is 0 Å². The van der Waals surface area contributed by atoms with Gasteiger partial charge in [0, 0.05) is 11.3 Å². The van der Waals surface area contributed by atoms with Crippen molar-refractivity contribution in [2.75, 3.05) is 0 Å². The van der Waals surface area contributed by atoms with E-state index in [1.165, 1.54) is 16.2 Å². The van der Waals surface area contributed by atoms with Crippen molar-refractivity contribution in [2.24, 2.45) is 11.8 Å². The monoisotopic (exact) mass is 446 g/mol. The molecule has 1 aromatic heterocycles. The molecule has 0 aliphatic carbocycles. The lowest BCUT2D eigenvalue weighted by atomic mass is 9.76. The summed E-state index contributed by atoms with van der Waals surface area (Å²) in [6.45, 7) is 0.143. The van der Waals surface area contributed by atoms with Crippen molar-refractivity contribution in [3.8, 4) is 0 Å². The maximum absolute atomic E-state index is 13.6. The number of fused-ring (bicyclic) bond motifs is 1. The third-order valence-electron chi connectivity index (χ3n) is 6.49. The molecule has 5 rings (SSSR count). The maximum atomic E-state index is 13.6. The molecule has 162 valence electrons. The molecular weight excluding hydrogens is 424 g/mol. The molecule has 4 atom stereocenters. The van der Waals surface area contributed by atoms with Gasteiger partial charge in [0.1, 0.15) is 5.54 Å². The van der Waals surface area contributed by atoms with E-state index < -0.39 is 35.3 Å². The van der Waals surface area contributed by atoms with Crippen molar-refractivity contribution in [3.63, 3.8) is 0 Å². The number of carboxylic acids is 1. The summed E-state index contributed by atoms with van der Waals surface area (Å²) < 4.78 is 0. The first-order chi connectivity index (χ1) is 15.5. The first-order valence-electron chi connectivity index (χ1n) is 10.5. The number of nitrogens with one attached hydrogen (secondary N) is 1. The van der Waals surface area contributed by atoms with Crippen LogP contribution in [0.15, 0.2) is 78.2 Å². The van der Waals surface area contributed by atoms with Crippen LogP contribution in [-0.2, 0) is 27.3 Å². The van der Waals surface area contributed by atoms with Crippen molar-refractivity contribution in [1.82, 2.24) is 10.2 Å². The summed E-state index contributed by atoms with van der Waals surface area (Å²) in [5.41, 5.74) is 0.0623. The molecule has 2 N–H and O–H groups in total. The van der Waals surface area contributed by atoms with Gasteiger partial charge < -0.3 is 5.11 Å². The normalized spacial score (nSPS) is 27.0. The summed E-state index contributed by atoms with van der Waals surface area (Å²) >= 11 is 1.46. The van der Waals surface area contributed by atoms with E-state index in [1.54, 1.807) is 0 Å². The lowest BCUT2D eigenvalue weighted by molar-refractivity contribution is -0.151.